The second-order valence-corrected chi connectivity index (χ2v) is 5.72. The van der Waals surface area contributed by atoms with Crippen LogP contribution in [0.3, 0.4) is 0 Å². The third-order valence-electron chi connectivity index (χ3n) is 3.79. The van der Waals surface area contributed by atoms with Gasteiger partial charge >= 0.3 is 0 Å². The van der Waals surface area contributed by atoms with Gasteiger partial charge in [-0.2, -0.15) is 0 Å². The topological polar surface area (TPSA) is 64.8 Å². The van der Waals surface area contributed by atoms with E-state index in [4.69, 9.17) is 15.2 Å². The molecule has 0 atom stereocenters. The predicted octanol–water partition coefficient (Wildman–Crippen LogP) is 2.70. The average molecular weight is 342 g/mol. The first-order valence-corrected chi connectivity index (χ1v) is 8.49. The highest BCUT2D eigenvalue weighted by Crippen LogP contribution is 2.15. The maximum atomic E-state index is 12.9. The number of benzene rings is 2. The zero-order chi connectivity index (χ0) is 17.9. The minimum absolute atomic E-state index is 0.000689. The first kappa shape index (κ1) is 19.0. The van der Waals surface area contributed by atoms with Gasteiger partial charge in [0.05, 0.1) is 6.61 Å². The fourth-order valence-electron chi connectivity index (χ4n) is 2.46. The van der Waals surface area contributed by atoms with E-state index in [0.717, 1.165) is 17.7 Å². The minimum Gasteiger partial charge on any atom is -0.491 e. The highest BCUT2D eigenvalue weighted by atomic mass is 16.5. The number of hydrogen-bond acceptors (Lipinski definition) is 4. The highest BCUT2D eigenvalue weighted by Gasteiger charge is 2.16. The number of ether oxygens (including phenoxy) is 2. The molecule has 25 heavy (non-hydrogen) atoms. The Morgan fingerprint density at radius 2 is 1.76 bits per heavy atom. The molecule has 0 aliphatic rings. The predicted molar refractivity (Wildman–Crippen MR) is 98.7 cm³/mol. The number of hydrogen-bond donors (Lipinski definition) is 1. The van der Waals surface area contributed by atoms with Crippen molar-refractivity contribution in [1.29, 1.82) is 0 Å². The summed E-state index contributed by atoms with van der Waals surface area (Å²) in [4.78, 5) is 14.7. The van der Waals surface area contributed by atoms with E-state index in [9.17, 15) is 4.79 Å². The molecule has 2 N–H and O–H groups in total. The van der Waals surface area contributed by atoms with Crippen molar-refractivity contribution in [2.75, 3.05) is 33.4 Å². The lowest BCUT2D eigenvalue weighted by Crippen LogP contribution is -2.32. The molecule has 5 nitrogen and oxygen atoms in total. The average Bonchev–Trinajstić information content (AvgIpc) is 2.66. The van der Waals surface area contributed by atoms with E-state index in [1.54, 1.807) is 19.2 Å². The molecule has 1 amide bonds. The van der Waals surface area contributed by atoms with Crippen LogP contribution in [-0.2, 0) is 11.3 Å². The summed E-state index contributed by atoms with van der Waals surface area (Å²) in [6.07, 6.45) is 0.775. The number of nitrogens with two attached hydrogens (primary N) is 1. The summed E-state index contributed by atoms with van der Waals surface area (Å²) < 4.78 is 10.5. The minimum atomic E-state index is 0.000689. The van der Waals surface area contributed by atoms with Crippen LogP contribution in [0.5, 0.6) is 5.75 Å². The van der Waals surface area contributed by atoms with Crippen LogP contribution < -0.4 is 10.5 Å². The third kappa shape index (κ3) is 6.21. The molecule has 0 aliphatic carbocycles. The third-order valence-corrected chi connectivity index (χ3v) is 3.79. The molecule has 2 rings (SSSR count). The monoisotopic (exact) mass is 342 g/mol. The summed E-state index contributed by atoms with van der Waals surface area (Å²) >= 11 is 0. The molecule has 0 aromatic heterocycles. The van der Waals surface area contributed by atoms with E-state index in [1.807, 2.05) is 47.4 Å². The van der Waals surface area contributed by atoms with E-state index in [1.165, 1.54) is 0 Å². The van der Waals surface area contributed by atoms with E-state index in [-0.39, 0.29) is 5.91 Å². The van der Waals surface area contributed by atoms with Gasteiger partial charge < -0.3 is 20.1 Å². The molecule has 0 aliphatic heterocycles. The SMILES string of the molecule is COCCOc1ccc(C(=O)N(CCCN)Cc2ccccc2)cc1. The zero-order valence-corrected chi connectivity index (χ0v) is 14.7. The molecule has 0 unspecified atom stereocenters. The number of nitrogens with zero attached hydrogens (tertiary/aromatic N) is 1. The maximum absolute atomic E-state index is 12.9. The fourth-order valence-corrected chi connectivity index (χ4v) is 2.46. The molecule has 134 valence electrons. The molecule has 0 radical (unpaired) electrons. The summed E-state index contributed by atoms with van der Waals surface area (Å²) in [5.74, 6) is 0.728. The van der Waals surface area contributed by atoms with Gasteiger partial charge in [-0.3, -0.25) is 4.79 Å². The van der Waals surface area contributed by atoms with Gasteiger partial charge in [0.2, 0.25) is 0 Å². The van der Waals surface area contributed by atoms with E-state index >= 15 is 0 Å². The number of methoxy groups -OCH3 is 1. The molecule has 5 heteroatoms. The lowest BCUT2D eigenvalue weighted by molar-refractivity contribution is 0.0742. The Morgan fingerprint density at radius 1 is 1.04 bits per heavy atom. The lowest BCUT2D eigenvalue weighted by atomic mass is 10.1. The first-order chi connectivity index (χ1) is 12.2. The summed E-state index contributed by atoms with van der Waals surface area (Å²) in [7, 11) is 1.63. The number of rotatable bonds is 10. The van der Waals surface area contributed by atoms with Crippen molar-refractivity contribution in [3.63, 3.8) is 0 Å². The van der Waals surface area contributed by atoms with E-state index in [0.29, 0.717) is 38.4 Å². The Hall–Kier alpha value is -2.37. The molecule has 0 bridgehead atoms. The van der Waals surface area contributed by atoms with Crippen LogP contribution in [-0.4, -0.2) is 44.2 Å². The second-order valence-electron chi connectivity index (χ2n) is 5.72. The van der Waals surface area contributed by atoms with E-state index in [2.05, 4.69) is 0 Å². The van der Waals surface area contributed by atoms with Gasteiger partial charge in [-0.05, 0) is 42.8 Å². The number of amides is 1. The molecule has 2 aromatic rings. The number of carbonyl (C=O) groups is 1. The lowest BCUT2D eigenvalue weighted by Gasteiger charge is -2.23. The van der Waals surface area contributed by atoms with Crippen LogP contribution in [0, 0.1) is 0 Å². The van der Waals surface area contributed by atoms with Gasteiger partial charge in [-0.15, -0.1) is 0 Å². The standard InChI is InChI=1S/C20H26N2O3/c1-24-14-15-25-19-10-8-18(9-11-19)20(23)22(13-5-12-21)16-17-6-3-2-4-7-17/h2-4,6-11H,5,12-16,21H2,1H3. The molecule has 2 aromatic carbocycles. The zero-order valence-electron chi connectivity index (χ0n) is 14.7. The Labute approximate surface area is 149 Å². The molecular formula is C20H26N2O3. The van der Waals surface area contributed by atoms with Crippen molar-refractivity contribution in [2.45, 2.75) is 13.0 Å². The van der Waals surface area contributed by atoms with Crippen molar-refractivity contribution in [1.82, 2.24) is 4.90 Å². The van der Waals surface area contributed by atoms with Crippen molar-refractivity contribution < 1.29 is 14.3 Å². The normalized spacial score (nSPS) is 10.5. The second kappa shape index (κ2) is 10.5. The van der Waals surface area contributed by atoms with Gasteiger partial charge in [-0.1, -0.05) is 30.3 Å². The summed E-state index contributed by atoms with van der Waals surface area (Å²) in [6.45, 7) is 2.79. The molecular weight excluding hydrogens is 316 g/mol. The van der Waals surface area contributed by atoms with Crippen LogP contribution in [0.25, 0.3) is 0 Å². The maximum Gasteiger partial charge on any atom is 0.254 e. The highest BCUT2D eigenvalue weighted by molar-refractivity contribution is 5.94. The molecule has 0 spiro atoms. The van der Waals surface area contributed by atoms with Crippen LogP contribution in [0.15, 0.2) is 54.6 Å². The Bertz CT molecular complexity index is 629. The fraction of sp³-hybridized carbons (Fsp3) is 0.350. The van der Waals surface area contributed by atoms with Crippen LogP contribution in [0.1, 0.15) is 22.3 Å². The molecule has 0 heterocycles. The van der Waals surface area contributed by atoms with Crippen LogP contribution >= 0.6 is 0 Å². The summed E-state index contributed by atoms with van der Waals surface area (Å²) in [5, 5.41) is 0. The molecule has 0 saturated heterocycles. The molecule has 0 fully saturated rings. The summed E-state index contributed by atoms with van der Waals surface area (Å²) in [6, 6.07) is 17.2. The van der Waals surface area contributed by atoms with Crippen molar-refractivity contribution >= 4 is 5.91 Å². The van der Waals surface area contributed by atoms with Gasteiger partial charge in [0.15, 0.2) is 0 Å². The quantitative estimate of drug-likeness (QED) is 0.674. The van der Waals surface area contributed by atoms with Crippen molar-refractivity contribution in [2.24, 2.45) is 5.73 Å². The summed E-state index contributed by atoms with van der Waals surface area (Å²) in [5.41, 5.74) is 7.37. The molecule has 0 saturated carbocycles. The van der Waals surface area contributed by atoms with Crippen LogP contribution in [0.2, 0.25) is 0 Å². The van der Waals surface area contributed by atoms with Gasteiger partial charge in [0, 0.05) is 25.8 Å². The smallest absolute Gasteiger partial charge is 0.254 e. The Morgan fingerprint density at radius 3 is 2.40 bits per heavy atom. The van der Waals surface area contributed by atoms with E-state index < -0.39 is 0 Å². The van der Waals surface area contributed by atoms with Crippen molar-refractivity contribution in [3.8, 4) is 5.75 Å². The number of carbonyl (C=O) groups excluding carboxylic acids is 1. The first-order valence-electron chi connectivity index (χ1n) is 8.49. The van der Waals surface area contributed by atoms with Crippen molar-refractivity contribution in [3.05, 3.63) is 65.7 Å². The Kier molecular flexibility index (Phi) is 7.95. The van der Waals surface area contributed by atoms with Gasteiger partial charge in [0.25, 0.3) is 5.91 Å². The largest absolute Gasteiger partial charge is 0.491 e. The Balaban J connectivity index is 2.04. The van der Waals surface area contributed by atoms with Crippen LogP contribution in [0.4, 0.5) is 0 Å². The van der Waals surface area contributed by atoms with Gasteiger partial charge in [0.1, 0.15) is 12.4 Å². The van der Waals surface area contributed by atoms with Gasteiger partial charge in [-0.25, -0.2) is 0 Å².